The Labute approximate surface area is 160 Å². The summed E-state index contributed by atoms with van der Waals surface area (Å²) in [5, 5.41) is 21.5. The number of hydrogen-bond donors (Lipinski definition) is 2. The molecule has 24 heavy (non-hydrogen) atoms. The van der Waals surface area contributed by atoms with Crippen molar-refractivity contribution in [1.82, 2.24) is 14.9 Å². The average molecular weight is 468 g/mol. The van der Waals surface area contributed by atoms with Crippen molar-refractivity contribution in [3.63, 3.8) is 0 Å². The first kappa shape index (κ1) is 17.1. The second-order valence-corrected chi connectivity index (χ2v) is 7.26. The Morgan fingerprint density at radius 2 is 1.96 bits per heavy atom. The highest BCUT2D eigenvalue weighted by molar-refractivity contribution is 9.11. The lowest BCUT2D eigenvalue weighted by Crippen LogP contribution is -1.95. The summed E-state index contributed by atoms with van der Waals surface area (Å²) in [6.45, 7) is 2.02. The van der Waals surface area contributed by atoms with Gasteiger partial charge in [0.2, 0.25) is 4.77 Å². The molecule has 1 aromatic heterocycles. The van der Waals surface area contributed by atoms with Crippen LogP contribution < -0.4 is 0 Å². The van der Waals surface area contributed by atoms with Gasteiger partial charge < -0.3 is 5.11 Å². The van der Waals surface area contributed by atoms with E-state index in [1.54, 1.807) is 12.1 Å². The van der Waals surface area contributed by atoms with E-state index in [1.165, 1.54) is 10.9 Å². The van der Waals surface area contributed by atoms with Crippen molar-refractivity contribution >= 4 is 50.3 Å². The molecule has 0 aliphatic heterocycles. The summed E-state index contributed by atoms with van der Waals surface area (Å²) in [6.07, 6.45) is 1.54. The van der Waals surface area contributed by atoms with Crippen molar-refractivity contribution in [2.24, 2.45) is 5.10 Å². The second kappa shape index (κ2) is 7.00. The number of benzene rings is 2. The summed E-state index contributed by atoms with van der Waals surface area (Å²) >= 11 is 11.9. The first-order valence-electron chi connectivity index (χ1n) is 6.92. The Morgan fingerprint density at radius 3 is 2.67 bits per heavy atom. The Kier molecular flexibility index (Phi) is 4.98. The molecule has 0 saturated heterocycles. The van der Waals surface area contributed by atoms with Gasteiger partial charge in [0.25, 0.3) is 0 Å². The van der Waals surface area contributed by atoms with Crippen LogP contribution in [0.25, 0.3) is 11.4 Å². The molecule has 0 amide bonds. The number of nitrogens with zero attached hydrogens (tertiary/aromatic N) is 3. The van der Waals surface area contributed by atoms with Gasteiger partial charge in [-0.05, 0) is 47.2 Å². The molecule has 3 rings (SSSR count). The molecule has 0 fully saturated rings. The molecule has 2 aromatic carbocycles. The average Bonchev–Trinajstić information content (AvgIpc) is 2.91. The third kappa shape index (κ3) is 3.50. The number of phenolic OH excluding ortho intramolecular Hbond substituents is 1. The maximum atomic E-state index is 10.1. The topological polar surface area (TPSA) is 66.2 Å². The van der Waals surface area contributed by atoms with Gasteiger partial charge in [0.05, 0.1) is 10.7 Å². The number of aryl methyl sites for hydroxylation is 1. The summed E-state index contributed by atoms with van der Waals surface area (Å²) < 4.78 is 3.29. The number of phenols is 1. The van der Waals surface area contributed by atoms with E-state index in [0.717, 1.165) is 15.6 Å². The van der Waals surface area contributed by atoms with Crippen molar-refractivity contribution in [1.29, 1.82) is 0 Å². The van der Waals surface area contributed by atoms with Gasteiger partial charge in [-0.3, -0.25) is 0 Å². The lowest BCUT2D eigenvalue weighted by molar-refractivity contribution is 0.471. The molecule has 0 aliphatic carbocycles. The van der Waals surface area contributed by atoms with E-state index >= 15 is 0 Å². The first-order valence-corrected chi connectivity index (χ1v) is 8.92. The summed E-state index contributed by atoms with van der Waals surface area (Å²) in [5.41, 5.74) is 2.60. The first-order chi connectivity index (χ1) is 11.5. The number of aromatic amines is 1. The predicted octanol–water partition coefficient (Wildman–Crippen LogP) is 5.03. The fraction of sp³-hybridized carbons (Fsp3) is 0.0625. The molecule has 5 nitrogen and oxygen atoms in total. The largest absolute Gasteiger partial charge is 0.506 e. The second-order valence-electron chi connectivity index (χ2n) is 5.10. The quantitative estimate of drug-likeness (QED) is 0.419. The Hall–Kier alpha value is -1.77. The SMILES string of the molecule is Cc1ccc(-c2n[nH]c(=S)n2/N=C\c2cc(Br)cc(Br)c2O)cc1. The van der Waals surface area contributed by atoms with Crippen LogP contribution >= 0.6 is 44.1 Å². The number of halogens is 2. The zero-order valence-electron chi connectivity index (χ0n) is 12.5. The molecular weight excluding hydrogens is 456 g/mol. The van der Waals surface area contributed by atoms with Crippen molar-refractivity contribution in [3.8, 4) is 17.1 Å². The number of nitrogens with one attached hydrogen (secondary N) is 1. The van der Waals surface area contributed by atoms with E-state index in [-0.39, 0.29) is 5.75 Å². The number of H-pyrrole nitrogens is 1. The van der Waals surface area contributed by atoms with Crippen LogP contribution in [0.3, 0.4) is 0 Å². The van der Waals surface area contributed by atoms with Gasteiger partial charge >= 0.3 is 0 Å². The predicted molar refractivity (Wildman–Crippen MR) is 104 cm³/mol. The molecule has 0 bridgehead atoms. The highest BCUT2D eigenvalue weighted by Gasteiger charge is 2.09. The fourth-order valence-corrected chi connectivity index (χ4v) is 3.53. The number of hydrogen-bond acceptors (Lipinski definition) is 4. The highest BCUT2D eigenvalue weighted by atomic mass is 79.9. The van der Waals surface area contributed by atoms with Crippen LogP contribution in [0.15, 0.2) is 50.4 Å². The van der Waals surface area contributed by atoms with Gasteiger partial charge in [0.1, 0.15) is 5.75 Å². The lowest BCUT2D eigenvalue weighted by atomic mass is 10.1. The van der Waals surface area contributed by atoms with Gasteiger partial charge in [0.15, 0.2) is 5.82 Å². The number of rotatable bonds is 3. The zero-order valence-corrected chi connectivity index (χ0v) is 16.5. The molecule has 8 heteroatoms. The maximum absolute atomic E-state index is 10.1. The van der Waals surface area contributed by atoms with Crippen LogP contribution in [0.5, 0.6) is 5.75 Å². The van der Waals surface area contributed by atoms with Gasteiger partial charge in [-0.1, -0.05) is 45.8 Å². The molecule has 0 aliphatic rings. The minimum Gasteiger partial charge on any atom is -0.506 e. The third-order valence-electron chi connectivity index (χ3n) is 3.33. The Morgan fingerprint density at radius 1 is 1.25 bits per heavy atom. The molecule has 0 atom stereocenters. The lowest BCUT2D eigenvalue weighted by Gasteiger charge is -2.04. The van der Waals surface area contributed by atoms with Crippen LogP contribution in [0, 0.1) is 11.7 Å². The van der Waals surface area contributed by atoms with Gasteiger partial charge in [0, 0.05) is 15.6 Å². The molecule has 0 spiro atoms. The van der Waals surface area contributed by atoms with E-state index in [1.807, 2.05) is 31.2 Å². The number of aromatic hydroxyl groups is 1. The molecule has 2 N–H and O–H groups in total. The van der Waals surface area contributed by atoms with E-state index in [4.69, 9.17) is 12.2 Å². The minimum absolute atomic E-state index is 0.105. The van der Waals surface area contributed by atoms with Gasteiger partial charge in [-0.2, -0.15) is 14.9 Å². The van der Waals surface area contributed by atoms with Gasteiger partial charge in [-0.15, -0.1) is 0 Å². The van der Waals surface area contributed by atoms with Gasteiger partial charge in [-0.25, -0.2) is 5.10 Å². The van der Waals surface area contributed by atoms with E-state index < -0.39 is 0 Å². The normalized spacial score (nSPS) is 11.3. The van der Waals surface area contributed by atoms with Crippen LogP contribution in [-0.4, -0.2) is 26.2 Å². The molecule has 0 unspecified atom stereocenters. The van der Waals surface area contributed by atoms with Crippen LogP contribution in [0.1, 0.15) is 11.1 Å². The van der Waals surface area contributed by atoms with E-state index in [0.29, 0.717) is 20.6 Å². The zero-order chi connectivity index (χ0) is 17.3. The Balaban J connectivity index is 2.04. The molecule has 0 saturated carbocycles. The summed E-state index contributed by atoms with van der Waals surface area (Å²) in [7, 11) is 0. The summed E-state index contributed by atoms with van der Waals surface area (Å²) in [6, 6.07) is 11.4. The molecular formula is C16H12Br2N4OS. The summed E-state index contributed by atoms with van der Waals surface area (Å²) in [5.74, 6) is 0.707. The Bertz CT molecular complexity index is 977. The molecule has 0 radical (unpaired) electrons. The molecule has 1 heterocycles. The maximum Gasteiger partial charge on any atom is 0.216 e. The standard InChI is InChI=1S/C16H12Br2N4OS/c1-9-2-4-10(5-3-9)15-20-21-16(24)22(15)19-8-11-6-12(17)7-13(18)14(11)23/h2-8,23H,1H3,(H,21,24)/b19-8-. The van der Waals surface area contributed by atoms with E-state index in [9.17, 15) is 5.11 Å². The summed E-state index contributed by atoms with van der Waals surface area (Å²) in [4.78, 5) is 0. The smallest absolute Gasteiger partial charge is 0.216 e. The monoisotopic (exact) mass is 466 g/mol. The highest BCUT2D eigenvalue weighted by Crippen LogP contribution is 2.30. The van der Waals surface area contributed by atoms with Crippen molar-refractivity contribution < 1.29 is 5.11 Å². The molecule has 122 valence electrons. The molecule has 3 aromatic rings. The van der Waals surface area contributed by atoms with E-state index in [2.05, 4.69) is 47.2 Å². The van der Waals surface area contributed by atoms with Crippen molar-refractivity contribution in [3.05, 3.63) is 61.2 Å². The van der Waals surface area contributed by atoms with Crippen molar-refractivity contribution in [2.75, 3.05) is 0 Å². The fourth-order valence-electron chi connectivity index (χ4n) is 2.09. The third-order valence-corrected chi connectivity index (χ3v) is 4.66. The van der Waals surface area contributed by atoms with Crippen LogP contribution in [-0.2, 0) is 0 Å². The van der Waals surface area contributed by atoms with Crippen LogP contribution in [0.2, 0.25) is 0 Å². The number of aromatic nitrogens is 3. The van der Waals surface area contributed by atoms with Crippen LogP contribution in [0.4, 0.5) is 0 Å². The van der Waals surface area contributed by atoms with Crippen molar-refractivity contribution in [2.45, 2.75) is 6.92 Å². The minimum atomic E-state index is 0.105.